The van der Waals surface area contributed by atoms with Crippen LogP contribution in [0.15, 0.2) is 57.8 Å². The first kappa shape index (κ1) is 17.7. The zero-order valence-corrected chi connectivity index (χ0v) is 15.2. The number of carbonyl (C=O) groups is 1. The van der Waals surface area contributed by atoms with Crippen molar-refractivity contribution in [2.24, 2.45) is 10.3 Å². The standard InChI is InChI=1S/C19H17FN2O4S/c20-15-8-2-3-9-16(15)26-19(23)13-6-5-11-22(12-13)18-14-7-1-4-10-17(14)27(24,25)21-18/h1-4,7-10,13H,5-6,11-12H2/t13-/m0/s1. The van der Waals surface area contributed by atoms with Gasteiger partial charge < -0.3 is 9.64 Å². The van der Waals surface area contributed by atoms with Gasteiger partial charge in [-0.05, 0) is 37.1 Å². The minimum atomic E-state index is -3.72. The summed E-state index contributed by atoms with van der Waals surface area (Å²) in [6.07, 6.45) is 1.27. The Balaban J connectivity index is 1.54. The molecule has 0 spiro atoms. The van der Waals surface area contributed by atoms with Gasteiger partial charge in [-0.15, -0.1) is 4.40 Å². The number of hydrogen-bond donors (Lipinski definition) is 0. The number of esters is 1. The Morgan fingerprint density at radius 1 is 1.15 bits per heavy atom. The highest BCUT2D eigenvalue weighted by Crippen LogP contribution is 2.30. The van der Waals surface area contributed by atoms with Gasteiger partial charge in [0.15, 0.2) is 17.4 Å². The molecule has 0 N–H and O–H groups in total. The average Bonchev–Trinajstić information content (AvgIpc) is 2.95. The summed E-state index contributed by atoms with van der Waals surface area (Å²) in [4.78, 5) is 14.4. The van der Waals surface area contributed by atoms with E-state index in [2.05, 4.69) is 4.40 Å². The number of benzene rings is 2. The summed E-state index contributed by atoms with van der Waals surface area (Å²) in [5.41, 5.74) is 0.542. The second-order valence-corrected chi connectivity index (χ2v) is 8.10. The summed E-state index contributed by atoms with van der Waals surface area (Å²) in [5, 5.41) is 0. The number of amidine groups is 1. The van der Waals surface area contributed by atoms with Crippen LogP contribution in [0.1, 0.15) is 18.4 Å². The highest BCUT2D eigenvalue weighted by Gasteiger charge is 2.35. The number of piperidine rings is 1. The van der Waals surface area contributed by atoms with E-state index in [9.17, 15) is 17.6 Å². The lowest BCUT2D eigenvalue weighted by atomic mass is 9.97. The van der Waals surface area contributed by atoms with Crippen molar-refractivity contribution >= 4 is 21.8 Å². The van der Waals surface area contributed by atoms with Crippen molar-refractivity contribution in [3.8, 4) is 5.75 Å². The van der Waals surface area contributed by atoms with Gasteiger partial charge in [0, 0.05) is 18.7 Å². The third-order valence-electron chi connectivity index (χ3n) is 4.71. The van der Waals surface area contributed by atoms with E-state index in [1.807, 2.05) is 0 Å². The van der Waals surface area contributed by atoms with Crippen LogP contribution in [-0.2, 0) is 14.8 Å². The van der Waals surface area contributed by atoms with E-state index in [1.165, 1.54) is 24.3 Å². The van der Waals surface area contributed by atoms with Crippen LogP contribution in [0, 0.1) is 11.7 Å². The van der Waals surface area contributed by atoms with Crippen LogP contribution in [0.3, 0.4) is 0 Å². The molecular weight excluding hydrogens is 371 g/mol. The van der Waals surface area contributed by atoms with Crippen molar-refractivity contribution in [3.05, 3.63) is 59.9 Å². The van der Waals surface area contributed by atoms with Crippen LogP contribution >= 0.6 is 0 Å². The lowest BCUT2D eigenvalue weighted by molar-refractivity contribution is -0.140. The second-order valence-electron chi connectivity index (χ2n) is 6.52. The maximum atomic E-state index is 13.7. The number of likely N-dealkylation sites (tertiary alicyclic amines) is 1. The van der Waals surface area contributed by atoms with E-state index >= 15 is 0 Å². The highest BCUT2D eigenvalue weighted by atomic mass is 32.2. The molecule has 2 aromatic carbocycles. The van der Waals surface area contributed by atoms with E-state index in [4.69, 9.17) is 4.74 Å². The molecule has 0 bridgehead atoms. The second kappa shape index (κ2) is 6.77. The Labute approximate surface area is 156 Å². The van der Waals surface area contributed by atoms with Gasteiger partial charge in [0.25, 0.3) is 10.0 Å². The summed E-state index contributed by atoms with van der Waals surface area (Å²) in [7, 11) is -3.72. The zero-order chi connectivity index (χ0) is 19.0. The number of para-hydroxylation sites is 1. The van der Waals surface area contributed by atoms with Crippen LogP contribution in [-0.4, -0.2) is 38.2 Å². The first-order chi connectivity index (χ1) is 13.0. The maximum Gasteiger partial charge on any atom is 0.316 e. The van der Waals surface area contributed by atoms with E-state index in [-0.39, 0.29) is 17.2 Å². The van der Waals surface area contributed by atoms with Gasteiger partial charge in [-0.1, -0.05) is 24.3 Å². The van der Waals surface area contributed by atoms with Crippen molar-refractivity contribution < 1.29 is 22.3 Å². The molecule has 0 amide bonds. The smallest absolute Gasteiger partial charge is 0.316 e. The summed E-state index contributed by atoms with van der Waals surface area (Å²) in [6, 6.07) is 12.4. The molecule has 140 valence electrons. The largest absolute Gasteiger partial charge is 0.423 e. The molecule has 2 heterocycles. The van der Waals surface area contributed by atoms with E-state index in [0.29, 0.717) is 30.8 Å². The summed E-state index contributed by atoms with van der Waals surface area (Å²) in [6.45, 7) is 0.863. The molecule has 2 aliphatic rings. The molecule has 6 nitrogen and oxygen atoms in total. The Morgan fingerprint density at radius 2 is 1.89 bits per heavy atom. The van der Waals surface area contributed by atoms with Gasteiger partial charge in [-0.25, -0.2) is 4.39 Å². The van der Waals surface area contributed by atoms with E-state index in [1.54, 1.807) is 29.2 Å². The fourth-order valence-corrected chi connectivity index (χ4v) is 4.63. The van der Waals surface area contributed by atoms with E-state index < -0.39 is 27.7 Å². The number of hydrogen-bond acceptors (Lipinski definition) is 5. The molecule has 1 atom stereocenters. The Hall–Kier alpha value is -2.74. The molecule has 0 aliphatic carbocycles. The predicted octanol–water partition coefficient (Wildman–Crippen LogP) is 2.59. The molecule has 0 unspecified atom stereocenters. The Morgan fingerprint density at radius 3 is 2.70 bits per heavy atom. The SMILES string of the molecule is O=C(Oc1ccccc1F)[C@H]1CCCN(C2=NS(=O)(=O)c3ccccc32)C1. The van der Waals surface area contributed by atoms with Gasteiger partial charge in [-0.2, -0.15) is 8.42 Å². The highest BCUT2D eigenvalue weighted by molar-refractivity contribution is 7.90. The van der Waals surface area contributed by atoms with Crippen molar-refractivity contribution in [3.63, 3.8) is 0 Å². The first-order valence-electron chi connectivity index (χ1n) is 8.61. The first-order valence-corrected chi connectivity index (χ1v) is 10.1. The van der Waals surface area contributed by atoms with Crippen LogP contribution in [0.2, 0.25) is 0 Å². The third-order valence-corrected chi connectivity index (χ3v) is 6.04. The minimum Gasteiger partial charge on any atom is -0.423 e. The van der Waals surface area contributed by atoms with Crippen LogP contribution in [0.4, 0.5) is 4.39 Å². The number of rotatable bonds is 2. The normalized spacial score (nSPS) is 20.7. The van der Waals surface area contributed by atoms with Crippen LogP contribution in [0.25, 0.3) is 0 Å². The lowest BCUT2D eigenvalue weighted by Crippen LogP contribution is -2.43. The topological polar surface area (TPSA) is 76.0 Å². The van der Waals surface area contributed by atoms with Crippen molar-refractivity contribution in [2.45, 2.75) is 17.7 Å². The van der Waals surface area contributed by atoms with Gasteiger partial charge in [0.2, 0.25) is 0 Å². The van der Waals surface area contributed by atoms with Gasteiger partial charge in [0.1, 0.15) is 4.90 Å². The Kier molecular flexibility index (Phi) is 4.43. The third kappa shape index (κ3) is 3.32. The number of halogens is 1. The predicted molar refractivity (Wildman–Crippen MR) is 96.5 cm³/mol. The Bertz CT molecular complexity index is 1040. The molecule has 27 heavy (non-hydrogen) atoms. The van der Waals surface area contributed by atoms with E-state index in [0.717, 1.165) is 0 Å². The van der Waals surface area contributed by atoms with Crippen molar-refractivity contribution in [1.82, 2.24) is 4.90 Å². The number of sulfonamides is 1. The fraction of sp³-hybridized carbons (Fsp3) is 0.263. The fourth-order valence-electron chi connectivity index (χ4n) is 3.40. The maximum absolute atomic E-state index is 13.7. The van der Waals surface area contributed by atoms with Gasteiger partial charge in [-0.3, -0.25) is 4.79 Å². The quantitative estimate of drug-likeness (QED) is 0.584. The van der Waals surface area contributed by atoms with Crippen LogP contribution < -0.4 is 4.74 Å². The lowest BCUT2D eigenvalue weighted by Gasteiger charge is -2.32. The number of ether oxygens (including phenoxy) is 1. The number of carbonyl (C=O) groups excluding carboxylic acids is 1. The molecule has 1 saturated heterocycles. The minimum absolute atomic E-state index is 0.106. The molecule has 0 aromatic heterocycles. The number of fused-ring (bicyclic) bond motifs is 1. The molecule has 8 heteroatoms. The summed E-state index contributed by atoms with van der Waals surface area (Å²) in [5.74, 6) is -1.37. The molecular formula is C19H17FN2O4S. The zero-order valence-electron chi connectivity index (χ0n) is 14.3. The molecule has 2 aliphatic heterocycles. The molecule has 1 fully saturated rings. The average molecular weight is 388 g/mol. The van der Waals surface area contributed by atoms with Gasteiger partial charge >= 0.3 is 5.97 Å². The summed E-state index contributed by atoms with van der Waals surface area (Å²) >= 11 is 0. The van der Waals surface area contributed by atoms with Gasteiger partial charge in [0.05, 0.1) is 5.92 Å². The van der Waals surface area contributed by atoms with Crippen LogP contribution in [0.5, 0.6) is 5.75 Å². The van der Waals surface area contributed by atoms with Crippen molar-refractivity contribution in [1.29, 1.82) is 0 Å². The molecule has 0 saturated carbocycles. The monoisotopic (exact) mass is 388 g/mol. The number of nitrogens with zero attached hydrogens (tertiary/aromatic N) is 2. The molecule has 4 rings (SSSR count). The summed E-state index contributed by atoms with van der Waals surface area (Å²) < 4.78 is 47.3. The molecule has 2 aromatic rings. The van der Waals surface area contributed by atoms with Crippen molar-refractivity contribution in [2.75, 3.05) is 13.1 Å². The molecule has 0 radical (unpaired) electrons.